The van der Waals surface area contributed by atoms with Crippen LogP contribution in [0.25, 0.3) is 10.9 Å². The number of allylic oxidation sites excluding steroid dienone is 3. The number of anilines is 1. The number of fused-ring (bicyclic) bond motifs is 3. The highest BCUT2D eigenvalue weighted by atomic mass is 35.5. The van der Waals surface area contributed by atoms with E-state index >= 15 is 0 Å². The van der Waals surface area contributed by atoms with Gasteiger partial charge in [-0.2, -0.15) is 5.10 Å². The fourth-order valence-corrected chi connectivity index (χ4v) is 6.00. The van der Waals surface area contributed by atoms with Crippen LogP contribution < -0.4 is 16.4 Å². The molecule has 2 heterocycles. The number of likely N-dealkylation sites (N-methyl/N-ethyl adjacent to an activating group) is 1. The summed E-state index contributed by atoms with van der Waals surface area (Å²) in [4.78, 5) is 52.6. The van der Waals surface area contributed by atoms with Gasteiger partial charge in [0.1, 0.15) is 17.8 Å². The number of nitrogens with zero attached hydrogens (tertiary/aromatic N) is 4. The SMILES string of the molecule is C=N/C(=C\C=C/C)C(=O)Nc1ccc2c(C(N)=O)nn(CC=O)c2c1.CN1C2CCC(C2)C1C(=O)NCc1cccc(Cl)c1F. The zero-order valence-electron chi connectivity index (χ0n) is 25.0. The zero-order chi connectivity index (χ0) is 32.7. The minimum atomic E-state index is -0.695. The molecule has 1 saturated heterocycles. The van der Waals surface area contributed by atoms with E-state index in [0.717, 1.165) is 12.8 Å². The van der Waals surface area contributed by atoms with E-state index in [0.29, 0.717) is 40.4 Å². The third-order valence-electron chi connectivity index (χ3n) is 8.00. The molecule has 13 heteroatoms. The lowest BCUT2D eigenvalue weighted by atomic mass is 9.98. The third-order valence-corrected chi connectivity index (χ3v) is 8.29. The predicted molar refractivity (Wildman–Crippen MR) is 171 cm³/mol. The van der Waals surface area contributed by atoms with Crippen LogP contribution in [0.1, 0.15) is 42.2 Å². The Morgan fingerprint density at radius 2 is 2.02 bits per heavy atom. The Hall–Kier alpha value is -4.68. The lowest BCUT2D eigenvalue weighted by molar-refractivity contribution is -0.127. The molecule has 4 N–H and O–H groups in total. The van der Waals surface area contributed by atoms with E-state index in [1.54, 1.807) is 42.5 Å². The van der Waals surface area contributed by atoms with E-state index in [2.05, 4.69) is 32.3 Å². The predicted octanol–water partition coefficient (Wildman–Crippen LogP) is 4.01. The van der Waals surface area contributed by atoms with Gasteiger partial charge in [-0.05, 0) is 76.2 Å². The average molecular weight is 636 g/mol. The first-order chi connectivity index (χ1) is 21.6. The van der Waals surface area contributed by atoms with Crippen LogP contribution in [0.5, 0.6) is 0 Å². The van der Waals surface area contributed by atoms with E-state index in [1.807, 2.05) is 14.0 Å². The summed E-state index contributed by atoms with van der Waals surface area (Å²) in [7, 11) is 2.01. The topological polar surface area (TPSA) is 152 Å². The number of aliphatic imine (C=N–C) groups is 1. The Labute approximate surface area is 265 Å². The van der Waals surface area contributed by atoms with Gasteiger partial charge in [-0.15, -0.1) is 0 Å². The Morgan fingerprint density at radius 1 is 1.24 bits per heavy atom. The Morgan fingerprint density at radius 3 is 2.67 bits per heavy atom. The average Bonchev–Trinajstić information content (AvgIpc) is 3.72. The van der Waals surface area contributed by atoms with E-state index < -0.39 is 17.6 Å². The molecule has 3 amide bonds. The maximum absolute atomic E-state index is 13.8. The molecule has 2 fully saturated rings. The largest absolute Gasteiger partial charge is 0.364 e. The molecule has 1 aromatic heterocycles. The van der Waals surface area contributed by atoms with Gasteiger partial charge in [0, 0.05) is 29.2 Å². The number of nitrogens with two attached hydrogens (primary N) is 1. The first kappa shape index (κ1) is 33.2. The van der Waals surface area contributed by atoms with Crippen molar-refractivity contribution in [2.75, 3.05) is 12.4 Å². The molecule has 45 heavy (non-hydrogen) atoms. The van der Waals surface area contributed by atoms with Crippen molar-refractivity contribution >= 4 is 58.9 Å². The van der Waals surface area contributed by atoms with Crippen LogP contribution in [0.15, 0.2) is 65.3 Å². The van der Waals surface area contributed by atoms with Crippen molar-refractivity contribution in [2.24, 2.45) is 16.6 Å². The van der Waals surface area contributed by atoms with Crippen LogP contribution >= 0.6 is 11.6 Å². The van der Waals surface area contributed by atoms with Gasteiger partial charge in [-0.1, -0.05) is 35.9 Å². The summed E-state index contributed by atoms with van der Waals surface area (Å²) >= 11 is 5.73. The number of aldehydes is 1. The van der Waals surface area contributed by atoms with E-state index in [1.165, 1.54) is 23.2 Å². The van der Waals surface area contributed by atoms with Crippen LogP contribution in [0, 0.1) is 11.7 Å². The number of aromatic nitrogens is 2. The molecule has 2 aliphatic rings. The quantitative estimate of drug-likeness (QED) is 0.133. The van der Waals surface area contributed by atoms with Crippen LogP contribution in [-0.4, -0.2) is 64.5 Å². The minimum absolute atomic E-state index is 0.000856. The highest BCUT2D eigenvalue weighted by Crippen LogP contribution is 2.41. The number of rotatable bonds is 10. The molecule has 0 spiro atoms. The number of primary amides is 1. The van der Waals surface area contributed by atoms with E-state index in [-0.39, 0.29) is 41.5 Å². The standard InChI is InChI=1S/C17H17N5O3.C15H18ClFN2O/c1-3-4-5-13(19-2)17(25)20-11-6-7-12-14(10-11)22(8-9-23)21-15(12)16(18)24;1-19-11-6-5-9(7-11)14(19)15(20)18-8-10-3-2-4-12(16)13(10)17/h3-7,9-10H,2,8H2,1H3,(H2,18,24)(H,20,25);2-4,9,11,14H,5-8H2,1H3,(H,18,20)/b4-3-,13-5-;. The second-order valence-corrected chi connectivity index (χ2v) is 11.2. The van der Waals surface area contributed by atoms with E-state index in [9.17, 15) is 23.6 Å². The monoisotopic (exact) mass is 635 g/mol. The first-order valence-electron chi connectivity index (χ1n) is 14.4. The highest BCUT2D eigenvalue weighted by molar-refractivity contribution is 6.30. The number of likely N-dealkylation sites (tertiary alicyclic amines) is 1. The summed E-state index contributed by atoms with van der Waals surface area (Å²) in [6.45, 7) is 5.33. The van der Waals surface area contributed by atoms with Crippen LogP contribution in [-0.2, 0) is 27.5 Å². The molecule has 1 saturated carbocycles. The minimum Gasteiger partial charge on any atom is -0.364 e. The molecule has 1 aliphatic heterocycles. The number of hydrogen-bond acceptors (Lipinski definition) is 7. The fourth-order valence-electron chi connectivity index (χ4n) is 5.81. The maximum atomic E-state index is 13.8. The Balaban J connectivity index is 0.000000209. The smallest absolute Gasteiger partial charge is 0.274 e. The number of nitrogens with one attached hydrogen (secondary N) is 2. The summed E-state index contributed by atoms with van der Waals surface area (Å²) < 4.78 is 15.1. The van der Waals surface area contributed by atoms with Gasteiger partial charge in [0.25, 0.3) is 11.8 Å². The first-order valence-corrected chi connectivity index (χ1v) is 14.7. The molecule has 2 aromatic carbocycles. The van der Waals surface area contributed by atoms with Crippen LogP contribution in [0.4, 0.5) is 10.1 Å². The van der Waals surface area contributed by atoms with Gasteiger partial charge in [0.05, 0.1) is 23.1 Å². The van der Waals surface area contributed by atoms with Gasteiger partial charge in [0.15, 0.2) is 5.69 Å². The lowest BCUT2D eigenvalue weighted by Crippen LogP contribution is -2.48. The summed E-state index contributed by atoms with van der Waals surface area (Å²) in [5, 5.41) is 10.2. The number of benzene rings is 2. The normalized spacial score (nSPS) is 19.3. The molecule has 236 valence electrons. The Kier molecular flexibility index (Phi) is 11.0. The molecule has 3 atom stereocenters. The summed E-state index contributed by atoms with van der Waals surface area (Å²) in [5.41, 5.74) is 6.91. The van der Waals surface area contributed by atoms with Crippen LogP contribution in [0.2, 0.25) is 5.02 Å². The third kappa shape index (κ3) is 7.52. The highest BCUT2D eigenvalue weighted by Gasteiger charge is 2.47. The van der Waals surface area contributed by atoms with Crippen molar-refractivity contribution in [1.82, 2.24) is 20.0 Å². The second-order valence-electron chi connectivity index (χ2n) is 10.8. The number of halogens is 2. The number of amides is 3. The molecular weight excluding hydrogens is 601 g/mol. The molecule has 11 nitrogen and oxygen atoms in total. The van der Waals surface area contributed by atoms with Crippen LogP contribution in [0.3, 0.4) is 0 Å². The fraction of sp³-hybridized carbons (Fsp3) is 0.312. The molecule has 1 aliphatic carbocycles. The van der Waals surface area contributed by atoms with Crippen molar-refractivity contribution in [3.63, 3.8) is 0 Å². The maximum Gasteiger partial charge on any atom is 0.274 e. The number of carbonyl (C=O) groups is 4. The van der Waals surface area contributed by atoms with Gasteiger partial charge in [0.2, 0.25) is 5.91 Å². The van der Waals surface area contributed by atoms with Crippen molar-refractivity contribution in [2.45, 2.75) is 51.4 Å². The number of carbonyl (C=O) groups excluding carboxylic acids is 4. The van der Waals surface area contributed by atoms with Gasteiger partial charge in [-0.25, -0.2) is 4.39 Å². The van der Waals surface area contributed by atoms with Gasteiger partial charge in [-0.3, -0.25) is 29.0 Å². The number of piperidine rings is 1. The lowest BCUT2D eigenvalue weighted by Gasteiger charge is -2.30. The second kappa shape index (κ2) is 14.9. The molecule has 3 unspecified atom stereocenters. The van der Waals surface area contributed by atoms with Gasteiger partial charge >= 0.3 is 0 Å². The Bertz CT molecular complexity index is 1680. The van der Waals surface area contributed by atoms with Crippen molar-refractivity contribution < 1.29 is 23.6 Å². The molecule has 3 aromatic rings. The van der Waals surface area contributed by atoms with Crippen molar-refractivity contribution in [3.8, 4) is 0 Å². The molecule has 0 radical (unpaired) electrons. The van der Waals surface area contributed by atoms with Gasteiger partial charge < -0.3 is 21.2 Å². The molecule has 2 bridgehead atoms. The molecule has 5 rings (SSSR count). The molecular formula is C32H35ClFN7O4. The summed E-state index contributed by atoms with van der Waals surface area (Å²) in [5.74, 6) is -1.13. The summed E-state index contributed by atoms with van der Waals surface area (Å²) in [6.07, 6.45) is 9.04. The van der Waals surface area contributed by atoms with Crippen molar-refractivity contribution in [1.29, 1.82) is 0 Å². The summed E-state index contributed by atoms with van der Waals surface area (Å²) in [6, 6.07) is 10.1. The van der Waals surface area contributed by atoms with Crippen molar-refractivity contribution in [3.05, 3.63) is 82.4 Å². The van der Waals surface area contributed by atoms with E-state index in [4.69, 9.17) is 17.3 Å². The number of hydrogen-bond donors (Lipinski definition) is 3. The zero-order valence-corrected chi connectivity index (χ0v) is 25.8.